The first-order chi connectivity index (χ1) is 10.5. The molecule has 0 heterocycles. The van der Waals surface area contributed by atoms with Crippen LogP contribution in [0.3, 0.4) is 0 Å². The summed E-state index contributed by atoms with van der Waals surface area (Å²) in [6.07, 6.45) is 18.8. The molecule has 22 heavy (non-hydrogen) atoms. The monoisotopic (exact) mass is 304 g/mol. The van der Waals surface area contributed by atoms with Crippen LogP contribution in [0.1, 0.15) is 71.6 Å². The van der Waals surface area contributed by atoms with Gasteiger partial charge in [-0.25, -0.2) is 0 Å². The number of aliphatic carboxylic acids is 1. The zero-order chi connectivity index (χ0) is 15.7. The average Bonchev–Trinajstić information content (AvgIpc) is 2.88. The lowest BCUT2D eigenvalue weighted by atomic mass is 9.51. The van der Waals surface area contributed by atoms with E-state index in [1.54, 1.807) is 32.1 Å². The molecule has 3 saturated carbocycles. The van der Waals surface area contributed by atoms with Gasteiger partial charge in [0.15, 0.2) is 0 Å². The summed E-state index contributed by atoms with van der Waals surface area (Å²) < 4.78 is 0. The summed E-state index contributed by atoms with van der Waals surface area (Å²) in [5, 5.41) is 7.42. The molecule has 1 unspecified atom stereocenters. The fraction of sp³-hybridized carbons (Fsp3) is 0.850. The van der Waals surface area contributed by atoms with Gasteiger partial charge in [0.1, 0.15) is 0 Å². The summed E-state index contributed by atoms with van der Waals surface area (Å²) in [5.74, 6) is 4.63. The number of carbonyl (C=O) groups is 1. The van der Waals surface area contributed by atoms with E-state index in [2.05, 4.69) is 19.1 Å². The highest BCUT2D eigenvalue weighted by Crippen LogP contribution is 2.60. The molecule has 2 heteroatoms. The summed E-state index contributed by atoms with van der Waals surface area (Å²) in [4.78, 5) is 9.00. The predicted molar refractivity (Wildman–Crippen MR) is 89.6 cm³/mol. The Bertz CT molecular complexity index is 437. The van der Waals surface area contributed by atoms with Crippen LogP contribution in [-0.2, 0) is 4.79 Å². The Morgan fingerprint density at radius 1 is 1.05 bits per heavy atom. The second kappa shape index (κ2) is 6.37. The smallest absolute Gasteiger partial charge is 0.300 e. The molecular weight excluding hydrogens is 272 g/mol. The fourth-order valence-corrected chi connectivity index (χ4v) is 6.31. The molecule has 0 radical (unpaired) electrons. The van der Waals surface area contributed by atoms with Crippen LogP contribution >= 0.6 is 0 Å². The van der Waals surface area contributed by atoms with Crippen molar-refractivity contribution in [2.45, 2.75) is 71.6 Å². The lowest BCUT2D eigenvalue weighted by molar-refractivity contribution is -0.134. The second-order valence-electron chi connectivity index (χ2n) is 8.42. The first-order valence-corrected chi connectivity index (χ1v) is 9.38. The van der Waals surface area contributed by atoms with Crippen molar-refractivity contribution in [2.75, 3.05) is 0 Å². The zero-order valence-electron chi connectivity index (χ0n) is 14.3. The third-order valence-electron chi connectivity index (χ3n) is 7.21. The summed E-state index contributed by atoms with van der Waals surface area (Å²) in [5.41, 5.74) is 0.586. The van der Waals surface area contributed by atoms with Crippen molar-refractivity contribution in [3.63, 3.8) is 0 Å². The first kappa shape index (κ1) is 16.1. The molecule has 0 bridgehead atoms. The third-order valence-corrected chi connectivity index (χ3v) is 7.21. The van der Waals surface area contributed by atoms with Gasteiger partial charge < -0.3 is 5.11 Å². The molecule has 4 aliphatic rings. The van der Waals surface area contributed by atoms with Crippen LogP contribution in [0.15, 0.2) is 12.2 Å². The molecule has 0 saturated heterocycles. The van der Waals surface area contributed by atoms with Gasteiger partial charge in [0.25, 0.3) is 5.97 Å². The minimum absolute atomic E-state index is 0.586. The van der Waals surface area contributed by atoms with E-state index < -0.39 is 5.97 Å². The highest BCUT2D eigenvalue weighted by atomic mass is 16.4. The maximum absolute atomic E-state index is 9.00. The Morgan fingerprint density at radius 3 is 2.55 bits per heavy atom. The zero-order valence-corrected chi connectivity index (χ0v) is 14.3. The van der Waals surface area contributed by atoms with E-state index in [0.29, 0.717) is 5.41 Å². The maximum Gasteiger partial charge on any atom is 0.300 e. The lowest BCUT2D eigenvalue weighted by Gasteiger charge is -2.54. The minimum Gasteiger partial charge on any atom is -0.481 e. The topological polar surface area (TPSA) is 37.3 Å². The van der Waals surface area contributed by atoms with Crippen LogP contribution in [0, 0.1) is 35.0 Å². The molecule has 124 valence electrons. The lowest BCUT2D eigenvalue weighted by Crippen LogP contribution is -2.46. The van der Waals surface area contributed by atoms with E-state index in [9.17, 15) is 0 Å². The van der Waals surface area contributed by atoms with Crippen molar-refractivity contribution in [3.05, 3.63) is 12.2 Å². The number of carboxylic acids is 1. The van der Waals surface area contributed by atoms with Crippen LogP contribution in [0.25, 0.3) is 0 Å². The molecule has 0 aromatic carbocycles. The molecular formula is C20H32O2. The summed E-state index contributed by atoms with van der Waals surface area (Å²) in [6, 6.07) is 0. The molecule has 2 nitrogen and oxygen atoms in total. The Morgan fingerprint density at radius 2 is 1.77 bits per heavy atom. The maximum atomic E-state index is 9.00. The van der Waals surface area contributed by atoms with E-state index in [0.717, 1.165) is 36.5 Å². The molecule has 0 aromatic rings. The van der Waals surface area contributed by atoms with Crippen molar-refractivity contribution in [2.24, 2.45) is 35.0 Å². The number of carboxylic acid groups (broad SMARTS) is 1. The van der Waals surface area contributed by atoms with E-state index in [1.807, 2.05) is 0 Å². The SMILES string of the molecule is CC(=O)O.C[C@@]12C=CC[C@H]1[C@@H]1CCC3CCCC[C@@H]3[C@H]1CC2. The van der Waals surface area contributed by atoms with Crippen molar-refractivity contribution in [3.8, 4) is 0 Å². The van der Waals surface area contributed by atoms with Crippen molar-refractivity contribution in [1.82, 2.24) is 0 Å². The molecule has 4 aliphatic carbocycles. The molecule has 0 spiro atoms. The summed E-state index contributed by atoms with van der Waals surface area (Å²) in [6.45, 7) is 3.63. The van der Waals surface area contributed by atoms with E-state index in [4.69, 9.17) is 9.90 Å². The van der Waals surface area contributed by atoms with Gasteiger partial charge >= 0.3 is 0 Å². The van der Waals surface area contributed by atoms with Crippen molar-refractivity contribution >= 4 is 5.97 Å². The van der Waals surface area contributed by atoms with Gasteiger partial charge in [-0.05, 0) is 73.5 Å². The quantitative estimate of drug-likeness (QED) is 0.618. The molecule has 1 N–H and O–H groups in total. The predicted octanol–water partition coefficient (Wildman–Crippen LogP) is 5.29. The van der Waals surface area contributed by atoms with Crippen LogP contribution < -0.4 is 0 Å². The highest BCUT2D eigenvalue weighted by molar-refractivity contribution is 5.62. The fourth-order valence-electron chi connectivity index (χ4n) is 6.31. The second-order valence-corrected chi connectivity index (χ2v) is 8.42. The first-order valence-electron chi connectivity index (χ1n) is 9.38. The van der Waals surface area contributed by atoms with E-state index in [-0.39, 0.29) is 0 Å². The van der Waals surface area contributed by atoms with Gasteiger partial charge in [-0.15, -0.1) is 0 Å². The third kappa shape index (κ3) is 2.98. The number of allylic oxidation sites excluding steroid dienone is 2. The largest absolute Gasteiger partial charge is 0.481 e. The summed E-state index contributed by atoms with van der Waals surface area (Å²) in [7, 11) is 0. The minimum atomic E-state index is -0.833. The molecule has 0 aromatic heterocycles. The Hall–Kier alpha value is -0.790. The number of rotatable bonds is 0. The normalized spacial score (nSPS) is 45.8. The van der Waals surface area contributed by atoms with Gasteiger partial charge in [0.05, 0.1) is 0 Å². The molecule has 0 amide bonds. The number of hydrogen-bond acceptors (Lipinski definition) is 1. The van der Waals surface area contributed by atoms with Crippen LogP contribution in [0.4, 0.5) is 0 Å². The standard InChI is InChI=1S/C18H28.C2H4O2/c1-18-11-4-7-17(18)16-9-8-13-5-2-3-6-14(13)15(16)10-12-18;1-2(3)4/h4,11,13-17H,2-3,5-10,12H2,1H3;1H3,(H,3,4)/t13?,14-,15+,16+,17-,18-;/m0./s1. The van der Waals surface area contributed by atoms with Gasteiger partial charge in [0.2, 0.25) is 0 Å². The van der Waals surface area contributed by atoms with Crippen molar-refractivity contribution in [1.29, 1.82) is 0 Å². The number of fused-ring (bicyclic) bond motifs is 5. The van der Waals surface area contributed by atoms with Crippen LogP contribution in [-0.4, -0.2) is 11.1 Å². The van der Waals surface area contributed by atoms with Crippen LogP contribution in [0.2, 0.25) is 0 Å². The average molecular weight is 304 g/mol. The van der Waals surface area contributed by atoms with Gasteiger partial charge in [-0.3, -0.25) is 4.79 Å². The van der Waals surface area contributed by atoms with Gasteiger partial charge in [-0.2, -0.15) is 0 Å². The summed E-state index contributed by atoms with van der Waals surface area (Å²) >= 11 is 0. The van der Waals surface area contributed by atoms with E-state index >= 15 is 0 Å². The van der Waals surface area contributed by atoms with E-state index in [1.165, 1.54) is 25.7 Å². The Kier molecular flexibility index (Phi) is 4.66. The highest BCUT2D eigenvalue weighted by Gasteiger charge is 2.51. The molecule has 0 aliphatic heterocycles. The van der Waals surface area contributed by atoms with Crippen LogP contribution in [0.5, 0.6) is 0 Å². The number of hydrogen-bond donors (Lipinski definition) is 1. The Balaban J connectivity index is 0.000000325. The Labute approximate surface area is 135 Å². The van der Waals surface area contributed by atoms with Gasteiger partial charge in [-0.1, -0.05) is 38.3 Å². The van der Waals surface area contributed by atoms with Crippen molar-refractivity contribution < 1.29 is 9.90 Å². The molecule has 4 rings (SSSR count). The molecule has 3 fully saturated rings. The van der Waals surface area contributed by atoms with Gasteiger partial charge in [0, 0.05) is 6.92 Å². The molecule has 6 atom stereocenters.